The van der Waals surface area contributed by atoms with Gasteiger partial charge in [0.1, 0.15) is 5.76 Å². The third kappa shape index (κ3) is 2.81. The highest BCUT2D eigenvalue weighted by molar-refractivity contribution is 6.01. The largest absolute Gasteiger partial charge is 0.469 e. The van der Waals surface area contributed by atoms with Crippen LogP contribution in [-0.2, 0) is 4.79 Å². The summed E-state index contributed by atoms with van der Waals surface area (Å²) in [5.41, 5.74) is 4.49. The number of hydrogen-bond donors (Lipinski definition) is 2. The Hall–Kier alpha value is -3.34. The average molecular weight is 357 g/mol. The van der Waals surface area contributed by atoms with Gasteiger partial charge in [-0.1, -0.05) is 18.2 Å². The molecule has 2 aromatic heterocycles. The van der Waals surface area contributed by atoms with Gasteiger partial charge in [-0.2, -0.15) is 0 Å². The number of fused-ring (bicyclic) bond motifs is 1. The Kier molecular flexibility index (Phi) is 3.78. The summed E-state index contributed by atoms with van der Waals surface area (Å²) >= 11 is 0. The molecule has 0 radical (unpaired) electrons. The summed E-state index contributed by atoms with van der Waals surface area (Å²) < 4.78 is 5.58. The lowest BCUT2D eigenvalue weighted by atomic mass is 9.81. The van der Waals surface area contributed by atoms with Crippen LogP contribution in [0.3, 0.4) is 0 Å². The Labute approximate surface area is 157 Å². The standard InChI is InChI=1S/C22H19N3O2/c26-19-13-14(20-9-5-11-27-20)12-18-21(19)22(17-8-3-4-10-23-17)25-16-7-2-1-6-15(16)24-18/h1-11,14,22,24-25H,12-13H2. The van der Waals surface area contributed by atoms with Crippen LogP contribution < -0.4 is 10.6 Å². The number of nitrogens with zero attached hydrogens (tertiary/aromatic N) is 1. The lowest BCUT2D eigenvalue weighted by molar-refractivity contribution is -0.116. The molecule has 2 unspecified atom stereocenters. The van der Waals surface area contributed by atoms with Gasteiger partial charge in [0.25, 0.3) is 0 Å². The minimum atomic E-state index is -0.276. The highest BCUT2D eigenvalue weighted by Crippen LogP contribution is 2.43. The molecule has 0 amide bonds. The van der Waals surface area contributed by atoms with E-state index in [1.165, 1.54) is 0 Å². The molecule has 0 saturated carbocycles. The summed E-state index contributed by atoms with van der Waals surface area (Å²) in [6.45, 7) is 0. The Bertz CT molecular complexity index is 1010. The van der Waals surface area contributed by atoms with Crippen LogP contribution in [0.4, 0.5) is 11.4 Å². The van der Waals surface area contributed by atoms with Gasteiger partial charge in [0.15, 0.2) is 5.78 Å². The van der Waals surface area contributed by atoms with Gasteiger partial charge in [0.2, 0.25) is 0 Å². The molecular formula is C22H19N3O2. The molecule has 5 heteroatoms. The van der Waals surface area contributed by atoms with E-state index in [1.54, 1.807) is 12.5 Å². The van der Waals surface area contributed by atoms with E-state index in [4.69, 9.17) is 4.42 Å². The fourth-order valence-electron chi connectivity index (χ4n) is 3.99. The summed E-state index contributed by atoms with van der Waals surface area (Å²) in [5.74, 6) is 1.03. The quantitative estimate of drug-likeness (QED) is 0.698. The number of nitrogens with one attached hydrogen (secondary N) is 2. The summed E-state index contributed by atoms with van der Waals surface area (Å²) in [6.07, 6.45) is 4.60. The zero-order valence-corrected chi connectivity index (χ0v) is 14.7. The summed E-state index contributed by atoms with van der Waals surface area (Å²) in [5, 5.41) is 7.04. The smallest absolute Gasteiger partial charge is 0.163 e. The van der Waals surface area contributed by atoms with Gasteiger partial charge in [0.05, 0.1) is 29.4 Å². The van der Waals surface area contributed by atoms with Gasteiger partial charge in [-0.15, -0.1) is 0 Å². The summed E-state index contributed by atoms with van der Waals surface area (Å²) in [7, 11) is 0. The molecule has 5 rings (SSSR count). The summed E-state index contributed by atoms with van der Waals surface area (Å²) in [6, 6.07) is 17.4. The van der Waals surface area contributed by atoms with E-state index >= 15 is 0 Å². The number of Topliss-reactive ketones (excluding diaryl/α,β-unsaturated/α-hetero) is 1. The Morgan fingerprint density at radius 3 is 2.59 bits per heavy atom. The second-order valence-corrected chi connectivity index (χ2v) is 6.94. The number of furan rings is 1. The van der Waals surface area contributed by atoms with E-state index < -0.39 is 0 Å². The monoisotopic (exact) mass is 357 g/mol. The maximum Gasteiger partial charge on any atom is 0.163 e. The van der Waals surface area contributed by atoms with Crippen molar-refractivity contribution in [2.45, 2.75) is 24.8 Å². The van der Waals surface area contributed by atoms with Crippen molar-refractivity contribution in [3.05, 3.63) is 89.8 Å². The highest BCUT2D eigenvalue weighted by Gasteiger charge is 2.37. The average Bonchev–Trinajstić information content (AvgIpc) is 3.17. The molecule has 134 valence electrons. The normalized spacial score (nSPS) is 21.6. The second kappa shape index (κ2) is 6.43. The maximum atomic E-state index is 13.2. The van der Waals surface area contributed by atoms with Crippen LogP contribution in [0, 0.1) is 0 Å². The number of pyridine rings is 1. The van der Waals surface area contributed by atoms with Crippen LogP contribution in [0.2, 0.25) is 0 Å². The van der Waals surface area contributed by atoms with Crippen molar-refractivity contribution in [3.8, 4) is 0 Å². The van der Waals surface area contributed by atoms with Crippen molar-refractivity contribution in [3.63, 3.8) is 0 Å². The Morgan fingerprint density at radius 2 is 1.81 bits per heavy atom. The molecule has 0 saturated heterocycles. The fourth-order valence-corrected chi connectivity index (χ4v) is 3.99. The molecule has 3 aromatic rings. The van der Waals surface area contributed by atoms with Crippen molar-refractivity contribution in [1.82, 2.24) is 4.98 Å². The minimum absolute atomic E-state index is 0.0494. The van der Waals surface area contributed by atoms with Gasteiger partial charge >= 0.3 is 0 Å². The van der Waals surface area contributed by atoms with E-state index in [0.29, 0.717) is 6.42 Å². The molecule has 2 aliphatic rings. The van der Waals surface area contributed by atoms with E-state index in [0.717, 1.165) is 40.5 Å². The predicted octanol–water partition coefficient (Wildman–Crippen LogP) is 4.65. The van der Waals surface area contributed by atoms with E-state index in [9.17, 15) is 4.79 Å². The number of aromatic nitrogens is 1. The fraction of sp³-hybridized carbons (Fsp3) is 0.182. The molecule has 0 spiro atoms. The molecule has 1 aromatic carbocycles. The third-order valence-electron chi connectivity index (χ3n) is 5.24. The number of para-hydroxylation sites is 2. The van der Waals surface area contributed by atoms with E-state index in [-0.39, 0.29) is 17.7 Å². The SMILES string of the molecule is O=C1CC(c2ccco2)CC2=C1C(c1ccccn1)Nc1ccccc1N2. The Balaban J connectivity index is 1.63. The van der Waals surface area contributed by atoms with Gasteiger partial charge in [-0.3, -0.25) is 9.78 Å². The van der Waals surface area contributed by atoms with Crippen molar-refractivity contribution in [1.29, 1.82) is 0 Å². The van der Waals surface area contributed by atoms with Crippen molar-refractivity contribution in [2.75, 3.05) is 10.6 Å². The topological polar surface area (TPSA) is 67.2 Å². The number of carbonyl (C=O) groups excluding carboxylic acids is 1. The molecule has 3 heterocycles. The van der Waals surface area contributed by atoms with Gasteiger partial charge in [-0.25, -0.2) is 0 Å². The number of rotatable bonds is 2. The van der Waals surface area contributed by atoms with Gasteiger partial charge < -0.3 is 15.1 Å². The first-order valence-electron chi connectivity index (χ1n) is 9.13. The number of allylic oxidation sites excluding steroid dienone is 1. The maximum absolute atomic E-state index is 13.2. The van der Waals surface area contributed by atoms with Crippen molar-refractivity contribution >= 4 is 17.2 Å². The zero-order valence-electron chi connectivity index (χ0n) is 14.7. The van der Waals surface area contributed by atoms with Crippen LogP contribution in [-0.4, -0.2) is 10.8 Å². The number of benzene rings is 1. The highest BCUT2D eigenvalue weighted by atomic mass is 16.3. The molecule has 1 aliphatic carbocycles. The molecular weight excluding hydrogens is 338 g/mol. The first kappa shape index (κ1) is 15.9. The minimum Gasteiger partial charge on any atom is -0.469 e. The number of hydrogen-bond acceptors (Lipinski definition) is 5. The van der Waals surface area contributed by atoms with E-state index in [1.807, 2.05) is 54.6 Å². The first-order chi connectivity index (χ1) is 13.3. The van der Waals surface area contributed by atoms with Crippen LogP contribution in [0.5, 0.6) is 0 Å². The van der Waals surface area contributed by atoms with Crippen molar-refractivity contribution < 1.29 is 9.21 Å². The first-order valence-corrected chi connectivity index (χ1v) is 9.13. The molecule has 5 nitrogen and oxygen atoms in total. The Morgan fingerprint density at radius 1 is 0.963 bits per heavy atom. The number of ketones is 1. The van der Waals surface area contributed by atoms with Gasteiger partial charge in [0, 0.05) is 29.8 Å². The van der Waals surface area contributed by atoms with Crippen molar-refractivity contribution in [2.24, 2.45) is 0 Å². The number of anilines is 2. The van der Waals surface area contributed by atoms with Crippen LogP contribution in [0.25, 0.3) is 0 Å². The zero-order chi connectivity index (χ0) is 18.2. The molecule has 1 aliphatic heterocycles. The molecule has 27 heavy (non-hydrogen) atoms. The lowest BCUT2D eigenvalue weighted by Crippen LogP contribution is -2.27. The van der Waals surface area contributed by atoms with Crippen LogP contribution in [0.15, 0.2) is 82.7 Å². The van der Waals surface area contributed by atoms with Crippen LogP contribution in [0.1, 0.15) is 36.3 Å². The molecule has 0 fully saturated rings. The second-order valence-electron chi connectivity index (χ2n) is 6.94. The van der Waals surface area contributed by atoms with Gasteiger partial charge in [-0.05, 0) is 42.8 Å². The molecule has 2 N–H and O–H groups in total. The predicted molar refractivity (Wildman–Crippen MR) is 103 cm³/mol. The summed E-state index contributed by atoms with van der Waals surface area (Å²) in [4.78, 5) is 17.7. The third-order valence-corrected chi connectivity index (χ3v) is 5.24. The molecule has 2 atom stereocenters. The number of carbonyl (C=O) groups is 1. The van der Waals surface area contributed by atoms with Crippen LogP contribution >= 0.6 is 0 Å². The molecule has 0 bridgehead atoms. The lowest BCUT2D eigenvalue weighted by Gasteiger charge is -2.28. The van der Waals surface area contributed by atoms with E-state index in [2.05, 4.69) is 15.6 Å².